The van der Waals surface area contributed by atoms with Gasteiger partial charge in [0.2, 0.25) is 0 Å². The van der Waals surface area contributed by atoms with Crippen molar-refractivity contribution >= 4 is 0 Å². The Bertz CT molecular complexity index is 553. The van der Waals surface area contributed by atoms with Crippen LogP contribution in [0, 0.1) is 5.82 Å². The van der Waals surface area contributed by atoms with Gasteiger partial charge >= 0.3 is 0 Å². The van der Waals surface area contributed by atoms with Crippen LogP contribution in [0.25, 0.3) is 0 Å². The third kappa shape index (κ3) is 3.12. The molecule has 1 aromatic heterocycles. The smallest absolute Gasteiger partial charge is 0.165 e. The summed E-state index contributed by atoms with van der Waals surface area (Å²) in [6.45, 7) is 0. The first-order valence-electron chi connectivity index (χ1n) is 6.13. The number of likely N-dealkylation sites (N-methyl/N-ethyl adjacent to an activating group) is 1. The van der Waals surface area contributed by atoms with Crippen molar-refractivity contribution in [1.29, 1.82) is 0 Å². The van der Waals surface area contributed by atoms with E-state index in [1.165, 1.54) is 13.2 Å². The largest absolute Gasteiger partial charge is 0.494 e. The molecule has 19 heavy (non-hydrogen) atoms. The number of methoxy groups -OCH3 is 1. The lowest BCUT2D eigenvalue weighted by atomic mass is 10.0. The maximum absolute atomic E-state index is 13.4. The summed E-state index contributed by atoms with van der Waals surface area (Å²) >= 11 is 0. The van der Waals surface area contributed by atoms with Gasteiger partial charge in [0.05, 0.1) is 12.8 Å². The molecule has 0 radical (unpaired) electrons. The van der Waals surface area contributed by atoms with E-state index < -0.39 is 0 Å². The van der Waals surface area contributed by atoms with Crippen LogP contribution in [0.3, 0.4) is 0 Å². The van der Waals surface area contributed by atoms with Crippen molar-refractivity contribution in [2.45, 2.75) is 12.5 Å². The molecule has 0 bridgehead atoms. The molecule has 0 fully saturated rings. The van der Waals surface area contributed by atoms with Crippen LogP contribution in [0.2, 0.25) is 0 Å². The van der Waals surface area contributed by atoms with Crippen molar-refractivity contribution < 1.29 is 9.13 Å². The maximum atomic E-state index is 13.4. The summed E-state index contributed by atoms with van der Waals surface area (Å²) in [7, 11) is 5.23. The molecule has 0 amide bonds. The summed E-state index contributed by atoms with van der Waals surface area (Å²) in [5.74, 6) is -0.0855. The Labute approximate surface area is 112 Å². The van der Waals surface area contributed by atoms with Crippen LogP contribution >= 0.6 is 0 Å². The summed E-state index contributed by atoms with van der Waals surface area (Å²) in [4.78, 5) is 0. The fraction of sp³-hybridized carbons (Fsp3) is 0.357. The fourth-order valence-electron chi connectivity index (χ4n) is 2.06. The van der Waals surface area contributed by atoms with Gasteiger partial charge in [0, 0.05) is 25.7 Å². The summed E-state index contributed by atoms with van der Waals surface area (Å²) in [5, 5.41) is 7.58. The zero-order valence-corrected chi connectivity index (χ0v) is 11.4. The molecular weight excluding hydrogens is 245 g/mol. The Kier molecular flexibility index (Phi) is 4.16. The normalized spacial score (nSPS) is 12.4. The average Bonchev–Trinajstić information content (AvgIpc) is 2.82. The standard InChI is InChI=1S/C14H18FN3O/c1-16-13(9-11-6-7-18(2)17-11)10-4-5-12(15)14(8-10)19-3/h4-8,13,16H,9H2,1-3H3. The number of hydrogen-bond donors (Lipinski definition) is 1. The lowest BCUT2D eigenvalue weighted by Gasteiger charge is -2.16. The van der Waals surface area contributed by atoms with E-state index in [1.807, 2.05) is 26.4 Å². The molecule has 1 aromatic carbocycles. The number of halogens is 1. The van der Waals surface area contributed by atoms with E-state index in [0.29, 0.717) is 0 Å². The molecule has 0 aliphatic heterocycles. The second kappa shape index (κ2) is 5.84. The lowest BCUT2D eigenvalue weighted by Crippen LogP contribution is -2.19. The second-order valence-corrected chi connectivity index (χ2v) is 4.42. The topological polar surface area (TPSA) is 39.1 Å². The second-order valence-electron chi connectivity index (χ2n) is 4.42. The van der Waals surface area contributed by atoms with E-state index in [1.54, 1.807) is 16.8 Å². The molecule has 0 aliphatic carbocycles. The van der Waals surface area contributed by atoms with Gasteiger partial charge in [-0.25, -0.2) is 4.39 Å². The number of aromatic nitrogens is 2. The minimum Gasteiger partial charge on any atom is -0.494 e. The molecule has 4 nitrogen and oxygen atoms in total. The number of ether oxygens (including phenoxy) is 1. The Hall–Kier alpha value is -1.88. The van der Waals surface area contributed by atoms with E-state index in [-0.39, 0.29) is 17.6 Å². The van der Waals surface area contributed by atoms with E-state index in [0.717, 1.165) is 17.7 Å². The molecule has 0 spiro atoms. The Morgan fingerprint density at radius 3 is 2.79 bits per heavy atom. The van der Waals surface area contributed by atoms with Gasteiger partial charge in [-0.3, -0.25) is 4.68 Å². The van der Waals surface area contributed by atoms with Gasteiger partial charge in [0.1, 0.15) is 0 Å². The van der Waals surface area contributed by atoms with Gasteiger partial charge in [-0.15, -0.1) is 0 Å². The van der Waals surface area contributed by atoms with E-state index in [2.05, 4.69) is 10.4 Å². The van der Waals surface area contributed by atoms with Gasteiger partial charge in [-0.2, -0.15) is 5.10 Å². The lowest BCUT2D eigenvalue weighted by molar-refractivity contribution is 0.385. The fourth-order valence-corrected chi connectivity index (χ4v) is 2.06. The van der Waals surface area contributed by atoms with Crippen molar-refractivity contribution in [2.24, 2.45) is 7.05 Å². The van der Waals surface area contributed by atoms with Crippen molar-refractivity contribution in [1.82, 2.24) is 15.1 Å². The predicted octanol–water partition coefficient (Wildman–Crippen LogP) is 2.07. The number of nitrogens with zero attached hydrogens (tertiary/aromatic N) is 2. The first-order valence-corrected chi connectivity index (χ1v) is 6.13. The SMILES string of the molecule is CNC(Cc1ccn(C)n1)c1ccc(F)c(OC)c1. The number of hydrogen-bond acceptors (Lipinski definition) is 3. The summed E-state index contributed by atoms with van der Waals surface area (Å²) in [5.41, 5.74) is 1.97. The molecule has 0 aliphatic rings. The molecule has 102 valence electrons. The van der Waals surface area contributed by atoms with Crippen molar-refractivity contribution in [3.63, 3.8) is 0 Å². The zero-order chi connectivity index (χ0) is 13.8. The predicted molar refractivity (Wildman–Crippen MR) is 71.7 cm³/mol. The highest BCUT2D eigenvalue weighted by atomic mass is 19.1. The zero-order valence-electron chi connectivity index (χ0n) is 11.4. The number of nitrogens with one attached hydrogen (secondary N) is 1. The van der Waals surface area contributed by atoms with Crippen molar-refractivity contribution in [3.8, 4) is 5.75 Å². The highest BCUT2D eigenvalue weighted by molar-refractivity contribution is 5.32. The summed E-state index contributed by atoms with van der Waals surface area (Å²) in [6.07, 6.45) is 2.65. The average molecular weight is 263 g/mol. The first-order chi connectivity index (χ1) is 9.13. The monoisotopic (exact) mass is 263 g/mol. The Morgan fingerprint density at radius 2 is 2.21 bits per heavy atom. The van der Waals surface area contributed by atoms with Crippen LogP contribution < -0.4 is 10.1 Å². The highest BCUT2D eigenvalue weighted by Gasteiger charge is 2.14. The highest BCUT2D eigenvalue weighted by Crippen LogP contribution is 2.24. The van der Waals surface area contributed by atoms with Gasteiger partial charge < -0.3 is 10.1 Å². The molecule has 0 saturated heterocycles. The summed E-state index contributed by atoms with van der Waals surface area (Å²) in [6, 6.07) is 6.97. The quantitative estimate of drug-likeness (QED) is 0.897. The van der Waals surface area contributed by atoms with E-state index >= 15 is 0 Å². The molecular formula is C14H18FN3O. The molecule has 1 atom stereocenters. The van der Waals surface area contributed by atoms with Gasteiger partial charge in [0.15, 0.2) is 11.6 Å². The molecule has 1 N–H and O–H groups in total. The molecule has 2 aromatic rings. The van der Waals surface area contributed by atoms with Gasteiger partial charge in [-0.1, -0.05) is 6.07 Å². The van der Waals surface area contributed by atoms with E-state index in [9.17, 15) is 4.39 Å². The first kappa shape index (κ1) is 13.5. The van der Waals surface area contributed by atoms with E-state index in [4.69, 9.17) is 4.74 Å². The van der Waals surface area contributed by atoms with Crippen molar-refractivity contribution in [3.05, 3.63) is 47.5 Å². The number of rotatable bonds is 5. The Morgan fingerprint density at radius 1 is 1.42 bits per heavy atom. The van der Waals surface area contributed by atoms with Gasteiger partial charge in [-0.05, 0) is 30.8 Å². The van der Waals surface area contributed by atoms with Gasteiger partial charge in [0.25, 0.3) is 0 Å². The third-order valence-electron chi connectivity index (χ3n) is 3.11. The van der Waals surface area contributed by atoms with Crippen LogP contribution in [0.5, 0.6) is 5.75 Å². The minimum absolute atomic E-state index is 0.0735. The molecule has 5 heteroatoms. The number of benzene rings is 1. The Balaban J connectivity index is 2.21. The van der Waals surface area contributed by atoms with Crippen LogP contribution in [0.4, 0.5) is 4.39 Å². The minimum atomic E-state index is -0.348. The molecule has 2 rings (SSSR count). The third-order valence-corrected chi connectivity index (χ3v) is 3.11. The maximum Gasteiger partial charge on any atom is 0.165 e. The van der Waals surface area contributed by atoms with Crippen LogP contribution in [-0.2, 0) is 13.5 Å². The summed E-state index contributed by atoms with van der Waals surface area (Å²) < 4.78 is 20.2. The number of aryl methyl sites for hydroxylation is 1. The van der Waals surface area contributed by atoms with Crippen LogP contribution in [-0.4, -0.2) is 23.9 Å². The molecule has 1 unspecified atom stereocenters. The molecule has 1 heterocycles. The van der Waals surface area contributed by atoms with Crippen LogP contribution in [0.15, 0.2) is 30.5 Å². The van der Waals surface area contributed by atoms with Crippen LogP contribution in [0.1, 0.15) is 17.3 Å². The molecule has 0 saturated carbocycles. The van der Waals surface area contributed by atoms with Crippen molar-refractivity contribution in [2.75, 3.05) is 14.2 Å².